The molecule has 0 bridgehead atoms. The van der Waals surface area contributed by atoms with E-state index in [1.54, 1.807) is 31.4 Å². The van der Waals surface area contributed by atoms with Crippen LogP contribution >= 0.6 is 0 Å². The summed E-state index contributed by atoms with van der Waals surface area (Å²) in [5.74, 6) is -0.242. The number of methoxy groups -OCH3 is 1. The number of amides is 1. The lowest BCUT2D eigenvalue weighted by Crippen LogP contribution is -2.25. The van der Waals surface area contributed by atoms with E-state index in [4.69, 9.17) is 4.74 Å². The van der Waals surface area contributed by atoms with Crippen LogP contribution in [0.2, 0.25) is 0 Å². The fourth-order valence-corrected chi connectivity index (χ4v) is 3.62. The SMILES string of the molecule is COCCCNS(=O)(=O)c1ccc(NC(=O)c2ccc(C(C)(C)C)cc2)cc1. The lowest BCUT2D eigenvalue weighted by atomic mass is 9.87. The molecule has 0 unspecified atom stereocenters. The first-order valence-corrected chi connectivity index (χ1v) is 10.6. The van der Waals surface area contributed by atoms with Crippen molar-refractivity contribution in [3.8, 4) is 0 Å². The van der Waals surface area contributed by atoms with E-state index in [1.807, 2.05) is 12.1 Å². The van der Waals surface area contributed by atoms with Crippen molar-refractivity contribution >= 4 is 21.6 Å². The molecular formula is C21H28N2O4S. The van der Waals surface area contributed by atoms with Crippen molar-refractivity contribution in [2.45, 2.75) is 37.5 Å². The molecule has 2 aromatic carbocycles. The average molecular weight is 405 g/mol. The molecule has 2 rings (SSSR count). The van der Waals surface area contributed by atoms with E-state index in [0.29, 0.717) is 30.8 Å². The topological polar surface area (TPSA) is 84.5 Å². The predicted octanol–water partition coefficient (Wildman–Crippen LogP) is 3.55. The molecule has 0 aliphatic rings. The molecule has 0 atom stereocenters. The number of sulfonamides is 1. The maximum absolute atomic E-state index is 12.4. The van der Waals surface area contributed by atoms with Crippen LogP contribution in [-0.2, 0) is 20.2 Å². The summed E-state index contributed by atoms with van der Waals surface area (Å²) in [7, 11) is -2.01. The van der Waals surface area contributed by atoms with Crippen LogP contribution in [0.1, 0.15) is 43.1 Å². The van der Waals surface area contributed by atoms with Gasteiger partial charge < -0.3 is 10.1 Å². The van der Waals surface area contributed by atoms with Gasteiger partial charge in [-0.05, 0) is 53.8 Å². The smallest absolute Gasteiger partial charge is 0.255 e. The maximum Gasteiger partial charge on any atom is 0.255 e. The normalized spacial score (nSPS) is 12.0. The molecule has 0 spiro atoms. The minimum absolute atomic E-state index is 0.0218. The molecule has 0 fully saturated rings. The van der Waals surface area contributed by atoms with E-state index in [9.17, 15) is 13.2 Å². The highest BCUT2D eigenvalue weighted by Gasteiger charge is 2.15. The molecular weight excluding hydrogens is 376 g/mol. The van der Waals surface area contributed by atoms with Gasteiger partial charge in [-0.15, -0.1) is 0 Å². The number of hydrogen-bond donors (Lipinski definition) is 2. The largest absolute Gasteiger partial charge is 0.385 e. The molecule has 152 valence electrons. The Labute approximate surface area is 167 Å². The lowest BCUT2D eigenvalue weighted by molar-refractivity contribution is 0.102. The monoisotopic (exact) mass is 404 g/mol. The van der Waals surface area contributed by atoms with Gasteiger partial charge in [0.05, 0.1) is 4.90 Å². The predicted molar refractivity (Wildman–Crippen MR) is 111 cm³/mol. The molecule has 0 aromatic heterocycles. The quantitative estimate of drug-likeness (QED) is 0.659. The summed E-state index contributed by atoms with van der Waals surface area (Å²) in [4.78, 5) is 12.6. The summed E-state index contributed by atoms with van der Waals surface area (Å²) < 4.78 is 31.9. The molecule has 0 saturated carbocycles. The molecule has 0 aliphatic heterocycles. The summed E-state index contributed by atoms with van der Waals surface area (Å²) in [5, 5.41) is 2.78. The number of carbonyl (C=O) groups excluding carboxylic acids is 1. The third kappa shape index (κ3) is 6.15. The lowest BCUT2D eigenvalue weighted by Gasteiger charge is -2.19. The molecule has 7 heteroatoms. The summed E-state index contributed by atoms with van der Waals surface area (Å²) in [6.07, 6.45) is 0.595. The van der Waals surface area contributed by atoms with Crippen LogP contribution in [0.15, 0.2) is 53.4 Å². The first-order chi connectivity index (χ1) is 13.1. The van der Waals surface area contributed by atoms with Crippen LogP contribution in [0.5, 0.6) is 0 Å². The molecule has 6 nitrogen and oxygen atoms in total. The Morgan fingerprint density at radius 3 is 2.14 bits per heavy atom. The van der Waals surface area contributed by atoms with Gasteiger partial charge in [0.15, 0.2) is 0 Å². The van der Waals surface area contributed by atoms with Gasteiger partial charge in [0.25, 0.3) is 5.91 Å². The second-order valence-corrected chi connectivity index (χ2v) is 9.32. The van der Waals surface area contributed by atoms with Crippen molar-refractivity contribution in [3.05, 3.63) is 59.7 Å². The molecule has 1 amide bonds. The van der Waals surface area contributed by atoms with Crippen LogP contribution < -0.4 is 10.0 Å². The second kappa shape index (κ2) is 9.32. The van der Waals surface area contributed by atoms with Gasteiger partial charge in [-0.25, -0.2) is 13.1 Å². The average Bonchev–Trinajstić information content (AvgIpc) is 2.65. The van der Waals surface area contributed by atoms with E-state index in [2.05, 4.69) is 30.8 Å². The highest BCUT2D eigenvalue weighted by molar-refractivity contribution is 7.89. The van der Waals surface area contributed by atoms with E-state index >= 15 is 0 Å². The number of anilines is 1. The molecule has 0 radical (unpaired) electrons. The standard InChI is InChI=1S/C21H28N2O4S/c1-21(2,3)17-8-6-16(7-9-17)20(24)23-18-10-12-19(13-11-18)28(25,26)22-14-5-15-27-4/h6-13,22H,5,14-15H2,1-4H3,(H,23,24). The van der Waals surface area contributed by atoms with Crippen molar-refractivity contribution in [3.63, 3.8) is 0 Å². The molecule has 0 saturated heterocycles. The number of carbonyl (C=O) groups is 1. The van der Waals surface area contributed by atoms with Crippen molar-refractivity contribution < 1.29 is 17.9 Å². The maximum atomic E-state index is 12.4. The van der Waals surface area contributed by atoms with Gasteiger partial charge in [0.1, 0.15) is 0 Å². The van der Waals surface area contributed by atoms with Gasteiger partial charge in [-0.1, -0.05) is 32.9 Å². The molecule has 28 heavy (non-hydrogen) atoms. The summed E-state index contributed by atoms with van der Waals surface area (Å²) >= 11 is 0. The zero-order valence-electron chi connectivity index (χ0n) is 16.8. The number of rotatable bonds is 8. The van der Waals surface area contributed by atoms with Crippen LogP contribution in [0.3, 0.4) is 0 Å². The van der Waals surface area contributed by atoms with Gasteiger partial charge in [-0.3, -0.25) is 4.79 Å². The number of ether oxygens (including phenoxy) is 1. The van der Waals surface area contributed by atoms with Crippen LogP contribution in [-0.4, -0.2) is 34.6 Å². The molecule has 0 aliphatic carbocycles. The van der Waals surface area contributed by atoms with Crippen molar-refractivity contribution in [2.75, 3.05) is 25.6 Å². The number of hydrogen-bond acceptors (Lipinski definition) is 4. The van der Waals surface area contributed by atoms with Crippen LogP contribution in [0, 0.1) is 0 Å². The third-order valence-corrected chi connectivity index (χ3v) is 5.73. The fraction of sp³-hybridized carbons (Fsp3) is 0.381. The van der Waals surface area contributed by atoms with Crippen molar-refractivity contribution in [1.29, 1.82) is 0 Å². The van der Waals surface area contributed by atoms with Crippen LogP contribution in [0.25, 0.3) is 0 Å². The molecule has 0 heterocycles. The van der Waals surface area contributed by atoms with E-state index < -0.39 is 10.0 Å². The van der Waals surface area contributed by atoms with Crippen molar-refractivity contribution in [2.24, 2.45) is 0 Å². The Morgan fingerprint density at radius 2 is 1.61 bits per heavy atom. The van der Waals surface area contributed by atoms with Crippen molar-refractivity contribution in [1.82, 2.24) is 4.72 Å². The Bertz CT molecular complexity index is 883. The zero-order chi connectivity index (χ0) is 20.8. The third-order valence-electron chi connectivity index (χ3n) is 4.25. The Hall–Kier alpha value is -2.22. The highest BCUT2D eigenvalue weighted by atomic mass is 32.2. The Balaban J connectivity index is 2.01. The van der Waals surface area contributed by atoms with Gasteiger partial charge in [-0.2, -0.15) is 0 Å². The summed E-state index contributed by atoms with van der Waals surface area (Å²) in [5.41, 5.74) is 2.25. The fourth-order valence-electron chi connectivity index (χ4n) is 2.55. The second-order valence-electron chi connectivity index (χ2n) is 7.55. The van der Waals surface area contributed by atoms with Gasteiger partial charge >= 0.3 is 0 Å². The minimum Gasteiger partial charge on any atom is -0.385 e. The summed E-state index contributed by atoms with van der Waals surface area (Å²) in [6.45, 7) is 7.14. The van der Waals surface area contributed by atoms with E-state index in [0.717, 1.165) is 5.56 Å². The highest BCUT2D eigenvalue weighted by Crippen LogP contribution is 2.22. The van der Waals surface area contributed by atoms with Gasteiger partial charge in [0.2, 0.25) is 10.0 Å². The zero-order valence-corrected chi connectivity index (χ0v) is 17.6. The first kappa shape index (κ1) is 22.1. The molecule has 2 aromatic rings. The first-order valence-electron chi connectivity index (χ1n) is 9.14. The minimum atomic E-state index is -3.58. The number of nitrogens with one attached hydrogen (secondary N) is 2. The molecule has 2 N–H and O–H groups in total. The number of benzene rings is 2. The Kier molecular flexibility index (Phi) is 7.35. The Morgan fingerprint density at radius 1 is 1.00 bits per heavy atom. The van der Waals surface area contributed by atoms with Crippen LogP contribution in [0.4, 0.5) is 5.69 Å². The van der Waals surface area contributed by atoms with E-state index in [-0.39, 0.29) is 16.2 Å². The van der Waals surface area contributed by atoms with E-state index in [1.165, 1.54) is 12.1 Å². The summed E-state index contributed by atoms with van der Waals surface area (Å²) in [6, 6.07) is 13.6. The van der Waals surface area contributed by atoms with Gasteiger partial charge in [0, 0.05) is 31.5 Å².